The third-order valence-electron chi connectivity index (χ3n) is 13.7. The van der Waals surface area contributed by atoms with Gasteiger partial charge in [-0.25, -0.2) is 9.97 Å². The molecule has 0 bridgehead atoms. The minimum absolute atomic E-state index is 0.488. The average Bonchev–Trinajstić information content (AvgIpc) is 3.88. The molecule has 0 radical (unpaired) electrons. The van der Waals surface area contributed by atoms with Gasteiger partial charge in [0, 0.05) is 33.2 Å². The molecule has 0 unspecified atom stereocenters. The summed E-state index contributed by atoms with van der Waals surface area (Å²) < 4.78 is 4.76. The average molecular weight is 827 g/mol. The molecule has 1 saturated carbocycles. The molecule has 0 amide bonds. The summed E-state index contributed by atoms with van der Waals surface area (Å²) in [5.74, 6) is 2.95. The fourth-order valence-electron chi connectivity index (χ4n) is 10.9. The largest absolute Gasteiger partial charge is 0.294 e. The zero-order valence-corrected chi connectivity index (χ0v) is 36.1. The minimum atomic E-state index is -2.85. The molecule has 1 aliphatic rings. The lowest BCUT2D eigenvalue weighted by Gasteiger charge is -2.34. The molecular weight excluding hydrogens is 781 g/mol. The van der Waals surface area contributed by atoms with Crippen LogP contribution in [-0.2, 0) is 0 Å². The van der Waals surface area contributed by atoms with Crippen molar-refractivity contribution in [1.82, 2.24) is 19.1 Å². The summed E-state index contributed by atoms with van der Waals surface area (Å²) in [7, 11) is -2.85. The summed E-state index contributed by atoms with van der Waals surface area (Å²) in [5.41, 5.74) is 6.99. The van der Waals surface area contributed by atoms with Crippen molar-refractivity contribution in [3.05, 3.63) is 218 Å². The molecule has 11 aromatic rings. The van der Waals surface area contributed by atoms with E-state index in [1.807, 2.05) is 0 Å². The lowest BCUT2D eigenvalue weighted by atomic mass is 9.82. The molecule has 12 rings (SSSR count). The van der Waals surface area contributed by atoms with Gasteiger partial charge in [0.2, 0.25) is 0 Å². The van der Waals surface area contributed by atoms with E-state index in [2.05, 4.69) is 221 Å². The lowest BCUT2D eigenvalue weighted by molar-refractivity contribution is 0.444. The number of hydrogen-bond acceptors (Lipinski definition) is 2. The van der Waals surface area contributed by atoms with E-state index in [4.69, 9.17) is 9.97 Å². The Kier molecular flexibility index (Phi) is 9.23. The van der Waals surface area contributed by atoms with Crippen LogP contribution in [0.5, 0.6) is 0 Å². The molecule has 1 aliphatic carbocycles. The van der Waals surface area contributed by atoms with Crippen molar-refractivity contribution in [2.24, 2.45) is 0 Å². The highest BCUT2D eigenvalue weighted by Crippen LogP contribution is 2.40. The number of fused-ring (bicyclic) bond motifs is 6. The van der Waals surface area contributed by atoms with Gasteiger partial charge in [0.05, 0.1) is 22.1 Å². The number of para-hydroxylation sites is 3. The van der Waals surface area contributed by atoms with Crippen LogP contribution < -0.4 is 20.7 Å². The molecule has 4 nitrogen and oxygen atoms in total. The van der Waals surface area contributed by atoms with E-state index in [0.717, 1.165) is 45.1 Å². The summed E-state index contributed by atoms with van der Waals surface area (Å²) in [6.45, 7) is 0. The Bertz CT molecular complexity index is 3290. The summed E-state index contributed by atoms with van der Waals surface area (Å²) in [6, 6.07) is 78.3. The SMILES string of the molecule is c1ccc([Si](c2ccccc2)(c2ccccc2)c2ccc3c4ccccc4n(-c4cc(-n5c6ccccc6c6ccccc65)nc(-c5ccccc5C5CCCCC5)n4)c3c2)cc1. The Morgan fingerprint density at radius 3 is 1.32 bits per heavy atom. The first-order valence-corrected chi connectivity index (χ1v) is 24.4. The van der Waals surface area contributed by atoms with Crippen LogP contribution in [0.2, 0.25) is 0 Å². The molecule has 0 atom stereocenters. The maximum Gasteiger partial charge on any atom is 0.179 e. The third kappa shape index (κ3) is 6.10. The van der Waals surface area contributed by atoms with E-state index in [1.165, 1.54) is 80.0 Å². The van der Waals surface area contributed by atoms with Crippen molar-refractivity contribution in [3.8, 4) is 23.0 Å². The number of benzene rings is 8. The molecule has 302 valence electrons. The second-order valence-electron chi connectivity index (χ2n) is 17.1. The minimum Gasteiger partial charge on any atom is -0.294 e. The van der Waals surface area contributed by atoms with Gasteiger partial charge in [-0.3, -0.25) is 9.13 Å². The lowest BCUT2D eigenvalue weighted by Crippen LogP contribution is -2.74. The van der Waals surface area contributed by atoms with Crippen LogP contribution in [0.4, 0.5) is 0 Å². The van der Waals surface area contributed by atoms with Gasteiger partial charge in [0.1, 0.15) is 11.6 Å². The topological polar surface area (TPSA) is 35.6 Å². The fraction of sp³-hybridized carbons (Fsp3) is 0.103. The van der Waals surface area contributed by atoms with E-state index >= 15 is 0 Å². The van der Waals surface area contributed by atoms with E-state index in [1.54, 1.807) is 0 Å². The van der Waals surface area contributed by atoms with Crippen molar-refractivity contribution in [2.45, 2.75) is 38.0 Å². The molecule has 0 saturated heterocycles. The Morgan fingerprint density at radius 2 is 0.794 bits per heavy atom. The van der Waals surface area contributed by atoms with E-state index in [-0.39, 0.29) is 0 Å². The van der Waals surface area contributed by atoms with Crippen LogP contribution in [-0.4, -0.2) is 27.2 Å². The van der Waals surface area contributed by atoms with Crippen molar-refractivity contribution < 1.29 is 0 Å². The van der Waals surface area contributed by atoms with Crippen LogP contribution in [0.1, 0.15) is 43.6 Å². The van der Waals surface area contributed by atoms with Gasteiger partial charge in [-0.1, -0.05) is 201 Å². The fourth-order valence-corrected chi connectivity index (χ4v) is 15.7. The number of nitrogens with zero attached hydrogens (tertiary/aromatic N) is 4. The highest BCUT2D eigenvalue weighted by atomic mass is 28.3. The van der Waals surface area contributed by atoms with Crippen LogP contribution in [0, 0.1) is 0 Å². The molecule has 8 aromatic carbocycles. The number of aromatic nitrogens is 4. The first kappa shape index (κ1) is 37.4. The Balaban J connectivity index is 1.18. The van der Waals surface area contributed by atoms with Crippen LogP contribution >= 0.6 is 0 Å². The monoisotopic (exact) mass is 826 g/mol. The maximum atomic E-state index is 5.69. The van der Waals surface area contributed by atoms with Gasteiger partial charge in [-0.05, 0) is 69.3 Å². The highest BCUT2D eigenvalue weighted by Gasteiger charge is 2.41. The number of rotatable bonds is 8. The molecule has 0 aliphatic heterocycles. The zero-order valence-electron chi connectivity index (χ0n) is 35.1. The normalized spacial score (nSPS) is 13.7. The predicted molar refractivity (Wildman–Crippen MR) is 266 cm³/mol. The third-order valence-corrected chi connectivity index (χ3v) is 18.5. The molecule has 63 heavy (non-hydrogen) atoms. The summed E-state index contributed by atoms with van der Waals surface area (Å²) in [5, 5.41) is 10.2. The highest BCUT2D eigenvalue weighted by molar-refractivity contribution is 7.20. The first-order chi connectivity index (χ1) is 31.3. The van der Waals surface area contributed by atoms with E-state index in [0.29, 0.717) is 5.92 Å². The zero-order chi connectivity index (χ0) is 41.7. The van der Waals surface area contributed by atoms with Gasteiger partial charge in [0.15, 0.2) is 13.9 Å². The first-order valence-electron chi connectivity index (χ1n) is 22.4. The van der Waals surface area contributed by atoms with Crippen molar-refractivity contribution >= 4 is 72.4 Å². The molecule has 3 aromatic heterocycles. The second kappa shape index (κ2) is 15.5. The van der Waals surface area contributed by atoms with Gasteiger partial charge in [-0.15, -0.1) is 0 Å². The van der Waals surface area contributed by atoms with E-state index in [9.17, 15) is 0 Å². The standard InChI is InChI=1S/C58H46N4Si/c1-5-21-41(22-6-1)46-29-13-14-33-51(46)58-59-56(61-52-34-18-15-30-47(52)48-31-16-19-35-53(48)61)40-57(60-58)62-54-36-20-17-32-49(54)50-38-37-45(39-55(50)62)63(42-23-7-2-8-24-42,43-25-9-3-10-26-43)44-27-11-4-12-28-44/h2-4,7-20,23-41H,1,5-6,21-22H2. The van der Waals surface area contributed by atoms with Gasteiger partial charge in [-0.2, -0.15) is 0 Å². The van der Waals surface area contributed by atoms with Crippen LogP contribution in [0.3, 0.4) is 0 Å². The summed E-state index contributed by atoms with van der Waals surface area (Å²) >= 11 is 0. The van der Waals surface area contributed by atoms with Gasteiger partial charge >= 0.3 is 0 Å². The Hall–Kier alpha value is -7.34. The van der Waals surface area contributed by atoms with Crippen molar-refractivity contribution in [1.29, 1.82) is 0 Å². The van der Waals surface area contributed by atoms with Crippen LogP contribution in [0.25, 0.3) is 66.6 Å². The summed E-state index contributed by atoms with van der Waals surface area (Å²) in [4.78, 5) is 11.3. The van der Waals surface area contributed by atoms with E-state index < -0.39 is 8.07 Å². The molecule has 3 heterocycles. The predicted octanol–water partition coefficient (Wildman–Crippen LogP) is 11.8. The molecule has 0 spiro atoms. The second-order valence-corrected chi connectivity index (χ2v) is 20.9. The summed E-state index contributed by atoms with van der Waals surface area (Å²) in [6.07, 6.45) is 6.22. The molecular formula is C58H46N4Si. The Morgan fingerprint density at radius 1 is 0.365 bits per heavy atom. The number of hydrogen-bond donors (Lipinski definition) is 0. The van der Waals surface area contributed by atoms with Gasteiger partial charge in [0.25, 0.3) is 0 Å². The molecule has 1 fully saturated rings. The maximum absolute atomic E-state index is 5.69. The Labute approximate surface area is 368 Å². The quantitative estimate of drug-likeness (QED) is 0.113. The van der Waals surface area contributed by atoms with Crippen LogP contribution in [0.15, 0.2) is 212 Å². The molecule has 5 heteroatoms. The van der Waals surface area contributed by atoms with Crippen molar-refractivity contribution in [2.75, 3.05) is 0 Å². The van der Waals surface area contributed by atoms with Gasteiger partial charge < -0.3 is 0 Å². The smallest absolute Gasteiger partial charge is 0.179 e. The van der Waals surface area contributed by atoms with Crippen molar-refractivity contribution in [3.63, 3.8) is 0 Å². The molecule has 0 N–H and O–H groups in total.